The van der Waals surface area contributed by atoms with Crippen molar-refractivity contribution in [3.05, 3.63) is 27.6 Å². The Balaban J connectivity index is 1.95. The minimum Gasteiger partial charge on any atom is -0.454 e. The summed E-state index contributed by atoms with van der Waals surface area (Å²) in [6, 6.07) is 3.28. The van der Waals surface area contributed by atoms with Gasteiger partial charge in [0.25, 0.3) is 11.1 Å². The first-order valence-corrected chi connectivity index (χ1v) is 7.07. The van der Waals surface area contributed by atoms with Crippen molar-refractivity contribution in [1.82, 2.24) is 4.90 Å². The molecule has 2 aliphatic heterocycles. The third-order valence-corrected chi connectivity index (χ3v) is 4.14. The number of halogens is 1. The van der Waals surface area contributed by atoms with Crippen LogP contribution < -0.4 is 9.47 Å². The quantitative estimate of drug-likeness (QED) is 0.619. The lowest BCUT2D eigenvalue weighted by Crippen LogP contribution is -2.28. The van der Waals surface area contributed by atoms with Crippen LogP contribution in [-0.2, 0) is 4.79 Å². The molecule has 1 saturated heterocycles. The van der Waals surface area contributed by atoms with E-state index in [1.165, 1.54) is 0 Å². The fourth-order valence-corrected chi connectivity index (χ4v) is 2.95. The minimum absolute atomic E-state index is 0.0448. The van der Waals surface area contributed by atoms with Crippen LogP contribution in [-0.4, -0.2) is 29.4 Å². The first-order chi connectivity index (χ1) is 10.1. The van der Waals surface area contributed by atoms with E-state index in [9.17, 15) is 9.59 Å². The third-order valence-electron chi connectivity index (χ3n) is 2.90. The van der Waals surface area contributed by atoms with E-state index in [4.69, 9.17) is 27.5 Å². The van der Waals surface area contributed by atoms with Crippen molar-refractivity contribution in [3.8, 4) is 23.8 Å². The first-order valence-electron chi connectivity index (χ1n) is 5.88. The maximum atomic E-state index is 12.1. The molecule has 0 bridgehead atoms. The Morgan fingerprint density at radius 3 is 2.81 bits per heavy atom. The SMILES string of the molecule is C#CCN1C(=O)SC(=Cc2cc3c(cc2Cl)OCO3)C1=O. The molecule has 21 heavy (non-hydrogen) atoms. The summed E-state index contributed by atoms with van der Waals surface area (Å²) < 4.78 is 10.5. The van der Waals surface area contributed by atoms with E-state index in [0.29, 0.717) is 22.1 Å². The molecule has 0 aromatic heterocycles. The van der Waals surface area contributed by atoms with Crippen LogP contribution in [0.1, 0.15) is 5.56 Å². The Morgan fingerprint density at radius 1 is 1.38 bits per heavy atom. The van der Waals surface area contributed by atoms with Gasteiger partial charge in [-0.15, -0.1) is 6.42 Å². The maximum Gasteiger partial charge on any atom is 0.294 e. The molecule has 0 N–H and O–H groups in total. The topological polar surface area (TPSA) is 55.8 Å². The summed E-state index contributed by atoms with van der Waals surface area (Å²) in [5, 5.41) is 0.0177. The number of thioether (sulfide) groups is 1. The van der Waals surface area contributed by atoms with E-state index in [-0.39, 0.29) is 23.5 Å². The average molecular weight is 322 g/mol. The molecule has 0 aliphatic carbocycles. The fraction of sp³-hybridized carbons (Fsp3) is 0.143. The molecule has 2 heterocycles. The Labute approximate surface area is 129 Å². The van der Waals surface area contributed by atoms with Crippen LogP contribution in [0.3, 0.4) is 0 Å². The summed E-state index contributed by atoms with van der Waals surface area (Å²) in [6.45, 7) is 0.0880. The molecule has 1 aromatic rings. The highest BCUT2D eigenvalue weighted by Gasteiger charge is 2.34. The lowest BCUT2D eigenvalue weighted by Gasteiger charge is -2.06. The second kappa shape index (κ2) is 5.35. The molecule has 0 spiro atoms. The molecule has 1 aromatic carbocycles. The number of ether oxygens (including phenoxy) is 2. The maximum absolute atomic E-state index is 12.1. The Kier molecular flexibility index (Phi) is 3.53. The van der Waals surface area contributed by atoms with Crippen molar-refractivity contribution in [2.24, 2.45) is 0 Å². The van der Waals surface area contributed by atoms with Crippen molar-refractivity contribution in [1.29, 1.82) is 0 Å². The van der Waals surface area contributed by atoms with Crippen LogP contribution in [0.4, 0.5) is 4.79 Å². The van der Waals surface area contributed by atoms with Gasteiger partial charge in [0.05, 0.1) is 16.5 Å². The van der Waals surface area contributed by atoms with Crippen molar-refractivity contribution in [2.75, 3.05) is 13.3 Å². The smallest absolute Gasteiger partial charge is 0.294 e. The molecule has 7 heteroatoms. The van der Waals surface area contributed by atoms with Gasteiger partial charge in [-0.3, -0.25) is 14.5 Å². The van der Waals surface area contributed by atoms with Crippen molar-refractivity contribution in [2.45, 2.75) is 0 Å². The van der Waals surface area contributed by atoms with E-state index in [0.717, 1.165) is 16.7 Å². The minimum atomic E-state index is -0.420. The van der Waals surface area contributed by atoms with Gasteiger partial charge in [-0.05, 0) is 29.5 Å². The standard InChI is InChI=1S/C14H8ClNO4S/c1-2-3-16-13(17)12(21-14(16)18)5-8-4-10-11(6-9(8)15)20-7-19-10/h1,4-6H,3,7H2. The Bertz CT molecular complexity index is 722. The van der Waals surface area contributed by atoms with E-state index in [2.05, 4.69) is 5.92 Å². The highest BCUT2D eigenvalue weighted by molar-refractivity contribution is 8.18. The molecule has 1 fully saturated rings. The van der Waals surface area contributed by atoms with Crippen molar-refractivity contribution in [3.63, 3.8) is 0 Å². The van der Waals surface area contributed by atoms with E-state index in [1.54, 1.807) is 18.2 Å². The molecule has 0 saturated carbocycles. The summed E-state index contributed by atoms with van der Waals surface area (Å²) in [5.41, 5.74) is 0.576. The first kappa shape index (κ1) is 13.9. The number of amides is 2. The summed E-state index contributed by atoms with van der Waals surface area (Å²) in [5.74, 6) is 2.96. The molecule has 2 aliphatic rings. The number of carbonyl (C=O) groups excluding carboxylic acids is 2. The number of terminal acetylenes is 1. The summed E-state index contributed by atoms with van der Waals surface area (Å²) in [7, 11) is 0. The van der Waals surface area contributed by atoms with Gasteiger partial charge in [0.15, 0.2) is 11.5 Å². The van der Waals surface area contributed by atoms with Gasteiger partial charge in [-0.1, -0.05) is 17.5 Å². The molecule has 0 atom stereocenters. The largest absolute Gasteiger partial charge is 0.454 e. The number of benzene rings is 1. The van der Waals surface area contributed by atoms with Gasteiger partial charge in [-0.25, -0.2) is 0 Å². The second-order valence-electron chi connectivity index (χ2n) is 4.20. The molecule has 3 rings (SSSR count). The molecule has 5 nitrogen and oxygen atoms in total. The predicted octanol–water partition coefficient (Wildman–Crippen LogP) is 2.74. The number of rotatable bonds is 2. The number of imide groups is 1. The number of nitrogens with zero attached hydrogens (tertiary/aromatic N) is 1. The van der Waals surface area contributed by atoms with Gasteiger partial charge in [0.1, 0.15) is 0 Å². The Morgan fingerprint density at radius 2 is 2.10 bits per heavy atom. The third kappa shape index (κ3) is 2.46. The molecular formula is C14H8ClNO4S. The van der Waals surface area contributed by atoms with E-state index < -0.39 is 5.91 Å². The highest BCUT2D eigenvalue weighted by atomic mass is 35.5. The van der Waals surface area contributed by atoms with Crippen LogP contribution >= 0.6 is 23.4 Å². The molecule has 2 amide bonds. The van der Waals surface area contributed by atoms with Gasteiger partial charge >= 0.3 is 0 Å². The van der Waals surface area contributed by atoms with Gasteiger partial charge in [0.2, 0.25) is 6.79 Å². The summed E-state index contributed by atoms with van der Waals surface area (Å²) in [4.78, 5) is 25.1. The average Bonchev–Trinajstić information content (AvgIpc) is 2.99. The Hall–Kier alpha value is -2.10. The lowest BCUT2D eigenvalue weighted by molar-refractivity contribution is -0.122. The normalized spacial score (nSPS) is 18.5. The highest BCUT2D eigenvalue weighted by Crippen LogP contribution is 2.39. The number of carbonyl (C=O) groups is 2. The molecular weight excluding hydrogens is 314 g/mol. The van der Waals surface area contributed by atoms with Crippen LogP contribution in [0, 0.1) is 12.3 Å². The lowest BCUT2D eigenvalue weighted by atomic mass is 10.2. The monoisotopic (exact) mass is 321 g/mol. The van der Waals surface area contributed by atoms with E-state index in [1.807, 2.05) is 0 Å². The van der Waals surface area contributed by atoms with Crippen LogP contribution in [0.2, 0.25) is 5.02 Å². The zero-order chi connectivity index (χ0) is 15.0. The second-order valence-corrected chi connectivity index (χ2v) is 5.60. The molecule has 106 valence electrons. The van der Waals surface area contributed by atoms with Crippen LogP contribution in [0.15, 0.2) is 17.0 Å². The zero-order valence-corrected chi connectivity index (χ0v) is 12.2. The zero-order valence-electron chi connectivity index (χ0n) is 10.6. The summed E-state index contributed by atoms with van der Waals surface area (Å²) >= 11 is 6.97. The molecule has 0 unspecified atom stereocenters. The van der Waals surface area contributed by atoms with Gasteiger partial charge in [-0.2, -0.15) is 0 Å². The molecule has 0 radical (unpaired) electrons. The van der Waals surface area contributed by atoms with Gasteiger partial charge in [0, 0.05) is 6.07 Å². The number of fused-ring (bicyclic) bond motifs is 1. The van der Waals surface area contributed by atoms with Crippen molar-refractivity contribution < 1.29 is 19.1 Å². The fourth-order valence-electron chi connectivity index (χ4n) is 1.91. The number of hydrogen-bond donors (Lipinski definition) is 0. The van der Waals surface area contributed by atoms with Gasteiger partial charge < -0.3 is 9.47 Å². The van der Waals surface area contributed by atoms with Crippen molar-refractivity contribution >= 4 is 40.6 Å². The predicted molar refractivity (Wildman–Crippen MR) is 79.1 cm³/mol. The summed E-state index contributed by atoms with van der Waals surface area (Å²) in [6.07, 6.45) is 6.69. The van der Waals surface area contributed by atoms with Crippen LogP contribution in [0.25, 0.3) is 6.08 Å². The van der Waals surface area contributed by atoms with Crippen LogP contribution in [0.5, 0.6) is 11.5 Å². The van der Waals surface area contributed by atoms with E-state index >= 15 is 0 Å². The number of hydrogen-bond acceptors (Lipinski definition) is 5.